The number of hydrogen-bond donors (Lipinski definition) is 1. The molecule has 2 aromatic rings. The van der Waals surface area contributed by atoms with Crippen molar-refractivity contribution in [1.82, 2.24) is 0 Å². The number of rotatable bonds is 2. The molecule has 0 bridgehead atoms. The first-order valence-corrected chi connectivity index (χ1v) is 6.60. The van der Waals surface area contributed by atoms with Crippen LogP contribution in [0.1, 0.15) is 21.5 Å². The highest BCUT2D eigenvalue weighted by Crippen LogP contribution is 2.19. The van der Waals surface area contributed by atoms with E-state index in [4.69, 9.17) is 0 Å². The Balaban J connectivity index is 2.22. The minimum Gasteiger partial charge on any atom is -0.322 e. The molecule has 0 saturated carbocycles. The number of carbonyl (C=O) groups is 1. The van der Waals surface area contributed by atoms with Crippen LogP contribution in [-0.2, 0) is 0 Å². The number of halogens is 2. The van der Waals surface area contributed by atoms with Crippen molar-refractivity contribution >= 4 is 27.5 Å². The molecule has 0 heterocycles. The molecule has 4 heteroatoms. The monoisotopic (exact) mass is 321 g/mol. The van der Waals surface area contributed by atoms with Crippen LogP contribution >= 0.6 is 15.9 Å². The minimum absolute atomic E-state index is 0.259. The Kier molecular flexibility index (Phi) is 4.00. The molecule has 0 unspecified atom stereocenters. The standard InChI is InChI=1S/C15H13BrFNO/c1-9-5-12(17)8-13(6-9)18-15(19)11-4-3-10(2)14(16)7-11/h3-8H,1-2H3,(H,18,19). The van der Waals surface area contributed by atoms with Crippen LogP contribution in [0.25, 0.3) is 0 Å². The van der Waals surface area contributed by atoms with Crippen LogP contribution in [0, 0.1) is 19.7 Å². The Morgan fingerprint density at radius 3 is 2.53 bits per heavy atom. The number of aryl methyl sites for hydroxylation is 2. The van der Waals surface area contributed by atoms with Crippen molar-refractivity contribution in [3.8, 4) is 0 Å². The number of nitrogens with one attached hydrogen (secondary N) is 1. The van der Waals surface area contributed by atoms with E-state index in [-0.39, 0.29) is 11.7 Å². The molecule has 0 fully saturated rings. The van der Waals surface area contributed by atoms with Crippen molar-refractivity contribution in [3.05, 3.63) is 63.4 Å². The van der Waals surface area contributed by atoms with E-state index < -0.39 is 0 Å². The summed E-state index contributed by atoms with van der Waals surface area (Å²) in [4.78, 5) is 12.0. The van der Waals surface area contributed by atoms with Gasteiger partial charge in [0.2, 0.25) is 0 Å². The molecule has 1 amide bonds. The van der Waals surface area contributed by atoms with Crippen molar-refractivity contribution in [3.63, 3.8) is 0 Å². The highest BCUT2D eigenvalue weighted by molar-refractivity contribution is 9.10. The molecule has 2 rings (SSSR count). The van der Waals surface area contributed by atoms with Gasteiger partial charge in [-0.3, -0.25) is 4.79 Å². The number of carbonyl (C=O) groups excluding carboxylic acids is 1. The van der Waals surface area contributed by atoms with Crippen LogP contribution in [0.5, 0.6) is 0 Å². The summed E-state index contributed by atoms with van der Waals surface area (Å²) in [5.41, 5.74) is 2.80. The fourth-order valence-corrected chi connectivity index (χ4v) is 2.12. The average Bonchev–Trinajstić information content (AvgIpc) is 2.31. The third-order valence-electron chi connectivity index (χ3n) is 2.73. The van der Waals surface area contributed by atoms with Crippen molar-refractivity contribution < 1.29 is 9.18 Å². The third-order valence-corrected chi connectivity index (χ3v) is 3.59. The molecular weight excluding hydrogens is 309 g/mol. The van der Waals surface area contributed by atoms with Crippen LogP contribution in [0.15, 0.2) is 40.9 Å². The molecule has 0 spiro atoms. The summed E-state index contributed by atoms with van der Waals surface area (Å²) >= 11 is 3.38. The Bertz CT molecular complexity index is 620. The number of anilines is 1. The first-order valence-electron chi connectivity index (χ1n) is 5.80. The van der Waals surface area contributed by atoms with E-state index in [1.807, 2.05) is 13.0 Å². The molecule has 2 nitrogen and oxygen atoms in total. The molecule has 19 heavy (non-hydrogen) atoms. The van der Waals surface area contributed by atoms with Gasteiger partial charge in [-0.2, -0.15) is 0 Å². The van der Waals surface area contributed by atoms with Gasteiger partial charge in [-0.05, 0) is 55.3 Å². The van der Waals surface area contributed by atoms with Crippen LogP contribution in [0.4, 0.5) is 10.1 Å². The highest BCUT2D eigenvalue weighted by atomic mass is 79.9. The number of benzene rings is 2. The van der Waals surface area contributed by atoms with E-state index in [0.29, 0.717) is 11.3 Å². The molecule has 0 saturated heterocycles. The van der Waals surface area contributed by atoms with E-state index in [0.717, 1.165) is 15.6 Å². The molecule has 0 aliphatic heterocycles. The van der Waals surface area contributed by atoms with Gasteiger partial charge in [-0.1, -0.05) is 22.0 Å². The maximum atomic E-state index is 13.2. The van der Waals surface area contributed by atoms with Gasteiger partial charge in [0.05, 0.1) is 0 Å². The van der Waals surface area contributed by atoms with Crippen LogP contribution < -0.4 is 5.32 Å². The van der Waals surface area contributed by atoms with Gasteiger partial charge in [0.1, 0.15) is 5.82 Å². The Morgan fingerprint density at radius 1 is 1.16 bits per heavy atom. The first-order chi connectivity index (χ1) is 8.95. The number of hydrogen-bond acceptors (Lipinski definition) is 1. The van der Waals surface area contributed by atoms with Gasteiger partial charge >= 0.3 is 0 Å². The molecule has 0 radical (unpaired) electrons. The maximum Gasteiger partial charge on any atom is 0.255 e. The van der Waals surface area contributed by atoms with Gasteiger partial charge in [0, 0.05) is 15.7 Å². The molecule has 2 aromatic carbocycles. The average molecular weight is 322 g/mol. The zero-order valence-electron chi connectivity index (χ0n) is 10.6. The van der Waals surface area contributed by atoms with Crippen molar-refractivity contribution in [2.45, 2.75) is 13.8 Å². The molecule has 1 N–H and O–H groups in total. The second-order valence-electron chi connectivity index (χ2n) is 4.44. The summed E-state index contributed by atoms with van der Waals surface area (Å²) in [7, 11) is 0. The fraction of sp³-hybridized carbons (Fsp3) is 0.133. The zero-order chi connectivity index (χ0) is 14.0. The Hall–Kier alpha value is -1.68. The van der Waals surface area contributed by atoms with Gasteiger partial charge < -0.3 is 5.32 Å². The van der Waals surface area contributed by atoms with Gasteiger partial charge in [-0.15, -0.1) is 0 Å². The summed E-state index contributed by atoms with van der Waals surface area (Å²) in [5, 5.41) is 2.69. The van der Waals surface area contributed by atoms with Gasteiger partial charge in [-0.25, -0.2) is 4.39 Å². The van der Waals surface area contributed by atoms with Crippen molar-refractivity contribution in [1.29, 1.82) is 0 Å². The van der Waals surface area contributed by atoms with Crippen molar-refractivity contribution in [2.75, 3.05) is 5.32 Å². The summed E-state index contributed by atoms with van der Waals surface area (Å²) in [6, 6.07) is 9.78. The molecule has 0 aliphatic rings. The van der Waals surface area contributed by atoms with E-state index in [9.17, 15) is 9.18 Å². The SMILES string of the molecule is Cc1cc(F)cc(NC(=O)c2ccc(C)c(Br)c2)c1. The van der Waals surface area contributed by atoms with Crippen LogP contribution in [0.3, 0.4) is 0 Å². The topological polar surface area (TPSA) is 29.1 Å². The normalized spacial score (nSPS) is 10.3. The lowest BCUT2D eigenvalue weighted by Crippen LogP contribution is -2.12. The van der Waals surface area contributed by atoms with Crippen LogP contribution in [-0.4, -0.2) is 5.91 Å². The molecular formula is C15H13BrFNO. The second-order valence-corrected chi connectivity index (χ2v) is 5.29. The fourth-order valence-electron chi connectivity index (χ4n) is 1.75. The smallest absolute Gasteiger partial charge is 0.255 e. The first kappa shape index (κ1) is 13.7. The third kappa shape index (κ3) is 3.41. The lowest BCUT2D eigenvalue weighted by atomic mass is 10.1. The summed E-state index contributed by atoms with van der Waals surface area (Å²) in [6.07, 6.45) is 0. The maximum absolute atomic E-state index is 13.2. The van der Waals surface area contributed by atoms with Gasteiger partial charge in [0.15, 0.2) is 0 Å². The lowest BCUT2D eigenvalue weighted by molar-refractivity contribution is 0.102. The highest BCUT2D eigenvalue weighted by Gasteiger charge is 2.08. The summed E-state index contributed by atoms with van der Waals surface area (Å²) < 4.78 is 14.1. The Morgan fingerprint density at radius 2 is 1.89 bits per heavy atom. The van der Waals surface area contributed by atoms with Crippen LogP contribution in [0.2, 0.25) is 0 Å². The van der Waals surface area contributed by atoms with E-state index in [2.05, 4.69) is 21.2 Å². The lowest BCUT2D eigenvalue weighted by Gasteiger charge is -2.07. The van der Waals surface area contributed by atoms with E-state index in [1.54, 1.807) is 25.1 Å². The molecule has 0 aliphatic carbocycles. The summed E-state index contributed by atoms with van der Waals surface area (Å²) in [6.45, 7) is 3.73. The number of amides is 1. The quantitative estimate of drug-likeness (QED) is 0.869. The molecule has 98 valence electrons. The zero-order valence-corrected chi connectivity index (χ0v) is 12.2. The molecule has 0 atom stereocenters. The predicted molar refractivity (Wildman–Crippen MR) is 78.0 cm³/mol. The minimum atomic E-state index is -0.361. The van der Waals surface area contributed by atoms with Crippen molar-refractivity contribution in [2.24, 2.45) is 0 Å². The second kappa shape index (κ2) is 5.53. The largest absolute Gasteiger partial charge is 0.322 e. The van der Waals surface area contributed by atoms with E-state index in [1.165, 1.54) is 12.1 Å². The Labute approximate surface area is 119 Å². The summed E-state index contributed by atoms with van der Waals surface area (Å²) in [5.74, 6) is -0.619. The molecule has 0 aromatic heterocycles. The van der Waals surface area contributed by atoms with Gasteiger partial charge in [0.25, 0.3) is 5.91 Å². The van der Waals surface area contributed by atoms with E-state index >= 15 is 0 Å². The predicted octanol–water partition coefficient (Wildman–Crippen LogP) is 4.46.